The van der Waals surface area contributed by atoms with Crippen LogP contribution in [0.3, 0.4) is 0 Å². The van der Waals surface area contributed by atoms with Gasteiger partial charge in [-0.1, -0.05) is 11.6 Å². The van der Waals surface area contributed by atoms with Crippen LogP contribution < -0.4 is 0 Å². The number of rotatable bonds is 5. The molecule has 0 spiro atoms. The van der Waals surface area contributed by atoms with E-state index in [9.17, 15) is 5.11 Å². The van der Waals surface area contributed by atoms with Gasteiger partial charge in [0.2, 0.25) is 0 Å². The van der Waals surface area contributed by atoms with Crippen molar-refractivity contribution in [1.82, 2.24) is 9.80 Å². The smallest absolute Gasteiger partial charge is 0.120 e. The summed E-state index contributed by atoms with van der Waals surface area (Å²) in [7, 11) is 6.44. The average Bonchev–Trinajstić information content (AvgIpc) is 2.35. The highest BCUT2D eigenvalue weighted by molar-refractivity contribution is 6.30. The topological polar surface area (TPSA) is 26.7 Å². The number of phenols is 1. The zero-order valence-corrected chi connectivity index (χ0v) is 13.6. The predicted molar refractivity (Wildman–Crippen MR) is 84.4 cm³/mol. The van der Waals surface area contributed by atoms with Crippen LogP contribution in [0, 0.1) is 0 Å². The monoisotopic (exact) mass is 296 g/mol. The van der Waals surface area contributed by atoms with Gasteiger partial charge in [-0.3, -0.25) is 4.90 Å². The molecule has 1 unspecified atom stereocenters. The molecule has 1 aromatic carbocycles. The van der Waals surface area contributed by atoms with Crippen LogP contribution in [-0.4, -0.2) is 48.1 Å². The second kappa shape index (κ2) is 5.92. The lowest BCUT2D eigenvalue weighted by Gasteiger charge is -2.50. The molecule has 1 aliphatic carbocycles. The Balaban J connectivity index is 2.12. The number of hydrogen-bond acceptors (Lipinski definition) is 3. The van der Waals surface area contributed by atoms with Crippen molar-refractivity contribution >= 4 is 11.6 Å². The van der Waals surface area contributed by atoms with Gasteiger partial charge in [0.25, 0.3) is 0 Å². The number of likely N-dealkylation sites (N-methyl/N-ethyl adjacent to an activating group) is 2. The Labute approximate surface area is 127 Å². The number of benzene rings is 1. The predicted octanol–water partition coefficient (Wildman–Crippen LogP) is 3.52. The van der Waals surface area contributed by atoms with Gasteiger partial charge in [-0.15, -0.1) is 0 Å². The van der Waals surface area contributed by atoms with Crippen molar-refractivity contribution in [2.45, 2.75) is 37.8 Å². The molecule has 20 heavy (non-hydrogen) atoms. The molecule has 1 aliphatic rings. The molecule has 112 valence electrons. The summed E-state index contributed by atoms with van der Waals surface area (Å²) < 4.78 is 0. The third-order valence-corrected chi connectivity index (χ3v) is 5.11. The lowest BCUT2D eigenvalue weighted by Crippen LogP contribution is -2.56. The van der Waals surface area contributed by atoms with E-state index in [1.807, 2.05) is 6.07 Å². The first kappa shape index (κ1) is 15.6. The summed E-state index contributed by atoms with van der Waals surface area (Å²) in [6.07, 6.45) is 3.81. The molecule has 3 nitrogen and oxygen atoms in total. The van der Waals surface area contributed by atoms with Crippen LogP contribution in [0.15, 0.2) is 18.2 Å². The van der Waals surface area contributed by atoms with Gasteiger partial charge in [0.05, 0.1) is 0 Å². The lowest BCUT2D eigenvalue weighted by atomic mass is 9.75. The van der Waals surface area contributed by atoms with E-state index in [1.165, 1.54) is 19.3 Å². The van der Waals surface area contributed by atoms with E-state index < -0.39 is 0 Å². The Morgan fingerprint density at radius 1 is 1.30 bits per heavy atom. The highest BCUT2D eigenvalue weighted by atomic mass is 35.5. The minimum Gasteiger partial charge on any atom is -0.508 e. The molecule has 1 atom stereocenters. The number of aromatic hydroxyl groups is 1. The highest BCUT2D eigenvalue weighted by Gasteiger charge is 2.40. The maximum atomic E-state index is 10.0. The van der Waals surface area contributed by atoms with Gasteiger partial charge in [0.1, 0.15) is 5.75 Å². The standard InChI is InChI=1S/C16H25ClN2O/c1-12(14-10-13(17)6-7-15(14)20)19(4)11-16(18(2)3)8-5-9-16/h6-7,10,12,20H,5,8-9,11H2,1-4H3. The molecule has 0 aliphatic heterocycles. The van der Waals surface area contributed by atoms with E-state index in [2.05, 4.69) is 37.9 Å². The first-order chi connectivity index (χ1) is 9.35. The van der Waals surface area contributed by atoms with Gasteiger partial charge in [0, 0.05) is 28.7 Å². The Morgan fingerprint density at radius 2 is 1.95 bits per heavy atom. The number of phenolic OH excluding ortho intramolecular Hbond substituents is 1. The lowest BCUT2D eigenvalue weighted by molar-refractivity contribution is 0.0177. The Bertz CT molecular complexity index is 472. The molecule has 0 radical (unpaired) electrons. The van der Waals surface area contributed by atoms with Crippen molar-refractivity contribution in [3.8, 4) is 5.75 Å². The molecule has 0 heterocycles. The van der Waals surface area contributed by atoms with Gasteiger partial charge in [-0.25, -0.2) is 0 Å². The molecule has 0 bridgehead atoms. The zero-order chi connectivity index (χ0) is 14.9. The summed E-state index contributed by atoms with van der Waals surface area (Å²) >= 11 is 6.05. The van der Waals surface area contributed by atoms with E-state index in [0.717, 1.165) is 12.1 Å². The summed E-state index contributed by atoms with van der Waals surface area (Å²) in [5.41, 5.74) is 1.19. The summed E-state index contributed by atoms with van der Waals surface area (Å²) in [5, 5.41) is 10.7. The second-order valence-corrected chi connectivity index (χ2v) is 6.70. The maximum Gasteiger partial charge on any atom is 0.120 e. The van der Waals surface area contributed by atoms with Gasteiger partial charge in [-0.05, 0) is 65.5 Å². The Hall–Kier alpha value is -0.770. The van der Waals surface area contributed by atoms with Crippen LogP contribution in [0.5, 0.6) is 5.75 Å². The molecule has 1 fully saturated rings. The Kier molecular flexibility index (Phi) is 4.62. The number of hydrogen-bond donors (Lipinski definition) is 1. The first-order valence-electron chi connectivity index (χ1n) is 7.22. The molecular formula is C16H25ClN2O. The van der Waals surface area contributed by atoms with Crippen LogP contribution in [-0.2, 0) is 0 Å². The Morgan fingerprint density at radius 3 is 2.45 bits per heavy atom. The zero-order valence-electron chi connectivity index (χ0n) is 12.9. The molecule has 1 N–H and O–H groups in total. The van der Waals surface area contributed by atoms with Crippen molar-refractivity contribution in [2.75, 3.05) is 27.7 Å². The van der Waals surface area contributed by atoms with E-state index >= 15 is 0 Å². The molecule has 0 aromatic heterocycles. The van der Waals surface area contributed by atoms with Crippen LogP contribution in [0.4, 0.5) is 0 Å². The van der Waals surface area contributed by atoms with Gasteiger partial charge in [0.15, 0.2) is 0 Å². The third-order valence-electron chi connectivity index (χ3n) is 4.88. The summed E-state index contributed by atoms with van der Waals surface area (Å²) in [6, 6.07) is 5.40. The maximum absolute atomic E-state index is 10.0. The van der Waals surface area contributed by atoms with Crippen LogP contribution in [0.2, 0.25) is 5.02 Å². The van der Waals surface area contributed by atoms with Crippen LogP contribution >= 0.6 is 11.6 Å². The van der Waals surface area contributed by atoms with Crippen molar-refractivity contribution in [1.29, 1.82) is 0 Å². The molecular weight excluding hydrogens is 272 g/mol. The fraction of sp³-hybridized carbons (Fsp3) is 0.625. The fourth-order valence-electron chi connectivity index (χ4n) is 3.03. The van der Waals surface area contributed by atoms with Crippen molar-refractivity contribution in [3.63, 3.8) is 0 Å². The van der Waals surface area contributed by atoms with E-state index in [4.69, 9.17) is 11.6 Å². The normalized spacial score (nSPS) is 19.1. The fourth-order valence-corrected chi connectivity index (χ4v) is 3.21. The van der Waals surface area contributed by atoms with E-state index in [1.54, 1.807) is 12.1 Å². The van der Waals surface area contributed by atoms with Crippen LogP contribution in [0.25, 0.3) is 0 Å². The molecule has 2 rings (SSSR count). The van der Waals surface area contributed by atoms with E-state index in [-0.39, 0.29) is 11.6 Å². The quantitative estimate of drug-likeness (QED) is 0.900. The minimum absolute atomic E-state index is 0.145. The second-order valence-electron chi connectivity index (χ2n) is 6.27. The molecule has 0 amide bonds. The third kappa shape index (κ3) is 2.95. The van der Waals surface area contributed by atoms with Crippen molar-refractivity contribution < 1.29 is 5.11 Å². The summed E-state index contributed by atoms with van der Waals surface area (Å²) in [4.78, 5) is 4.65. The van der Waals surface area contributed by atoms with E-state index in [0.29, 0.717) is 10.8 Å². The van der Waals surface area contributed by atoms with Gasteiger partial charge >= 0.3 is 0 Å². The summed E-state index contributed by atoms with van der Waals surface area (Å²) in [5.74, 6) is 0.321. The molecule has 1 aromatic rings. The van der Waals surface area contributed by atoms with Crippen molar-refractivity contribution in [3.05, 3.63) is 28.8 Å². The summed E-state index contributed by atoms with van der Waals surface area (Å²) in [6.45, 7) is 3.13. The SMILES string of the molecule is CC(c1cc(Cl)ccc1O)N(C)CC1(N(C)C)CCC1. The van der Waals surface area contributed by atoms with Crippen LogP contribution in [0.1, 0.15) is 37.8 Å². The number of halogens is 1. The van der Waals surface area contributed by atoms with Crippen molar-refractivity contribution in [2.24, 2.45) is 0 Å². The van der Waals surface area contributed by atoms with Gasteiger partial charge in [-0.2, -0.15) is 0 Å². The first-order valence-corrected chi connectivity index (χ1v) is 7.59. The minimum atomic E-state index is 0.145. The average molecular weight is 297 g/mol. The van der Waals surface area contributed by atoms with Gasteiger partial charge < -0.3 is 10.0 Å². The molecule has 4 heteroatoms. The highest BCUT2D eigenvalue weighted by Crippen LogP contribution is 2.39. The largest absolute Gasteiger partial charge is 0.508 e. The molecule has 1 saturated carbocycles. The number of nitrogens with zero attached hydrogens (tertiary/aromatic N) is 2. The molecule has 0 saturated heterocycles.